The minimum Gasteiger partial charge on any atom is -0.481 e. The van der Waals surface area contributed by atoms with Gasteiger partial charge in [0, 0.05) is 5.56 Å². The van der Waals surface area contributed by atoms with Gasteiger partial charge in [0.25, 0.3) is 0 Å². The Morgan fingerprint density at radius 2 is 2.10 bits per heavy atom. The molecule has 112 valence electrons. The van der Waals surface area contributed by atoms with Crippen molar-refractivity contribution in [1.29, 1.82) is 0 Å². The summed E-state index contributed by atoms with van der Waals surface area (Å²) in [6.07, 6.45) is -4.20. The van der Waals surface area contributed by atoms with E-state index >= 15 is 0 Å². The molecule has 1 aromatic rings. The van der Waals surface area contributed by atoms with Gasteiger partial charge in [-0.05, 0) is 29.5 Å². The van der Waals surface area contributed by atoms with Crippen LogP contribution in [-0.2, 0) is 16.0 Å². The molecule has 0 fully saturated rings. The van der Waals surface area contributed by atoms with Crippen molar-refractivity contribution in [2.75, 3.05) is 13.7 Å². The monoisotopic (exact) mass is 405 g/mol. The third kappa shape index (κ3) is 4.69. The third-order valence-electron chi connectivity index (χ3n) is 2.08. The number of carbonyl (C=O) groups is 1. The van der Waals surface area contributed by atoms with Gasteiger partial charge in [0.15, 0.2) is 5.75 Å². The lowest BCUT2D eigenvalue weighted by Gasteiger charge is -2.14. The second-order valence-corrected chi connectivity index (χ2v) is 4.53. The lowest BCUT2D eigenvalue weighted by molar-refractivity contribution is -0.275. The van der Waals surface area contributed by atoms with E-state index in [0.29, 0.717) is 0 Å². The van der Waals surface area contributed by atoms with Crippen LogP contribution in [0.3, 0.4) is 0 Å². The molecular weight excluding hydrogens is 394 g/mol. The van der Waals surface area contributed by atoms with Gasteiger partial charge in [0.1, 0.15) is 0 Å². The number of ether oxygens (including phenoxy) is 3. The van der Waals surface area contributed by atoms with Crippen molar-refractivity contribution in [3.05, 3.63) is 15.3 Å². The third-order valence-corrected chi connectivity index (χ3v) is 3.27. The largest absolute Gasteiger partial charge is 0.573 e. The summed E-state index contributed by atoms with van der Waals surface area (Å²) >= 11 is 1.64. The van der Waals surface area contributed by atoms with Crippen LogP contribution < -0.4 is 9.47 Å². The Morgan fingerprint density at radius 3 is 2.60 bits per heavy atom. The summed E-state index contributed by atoms with van der Waals surface area (Å²) in [5.41, 5.74) is 0.188. The zero-order valence-corrected chi connectivity index (χ0v) is 12.7. The van der Waals surface area contributed by atoms with E-state index in [0.717, 1.165) is 6.20 Å². The average molecular weight is 405 g/mol. The molecule has 0 unspecified atom stereocenters. The normalized spacial score (nSPS) is 11.1. The molecule has 1 heterocycles. The molecule has 1 aromatic heterocycles. The van der Waals surface area contributed by atoms with Crippen LogP contribution in [0.1, 0.15) is 12.5 Å². The van der Waals surface area contributed by atoms with Gasteiger partial charge in [0.05, 0.1) is 29.9 Å². The van der Waals surface area contributed by atoms with E-state index in [1.807, 2.05) is 0 Å². The number of esters is 1. The summed E-state index contributed by atoms with van der Waals surface area (Å²) in [5.74, 6) is -1.02. The Kier molecular flexibility index (Phi) is 5.84. The number of rotatable bonds is 5. The highest BCUT2D eigenvalue weighted by molar-refractivity contribution is 14.1. The van der Waals surface area contributed by atoms with Crippen molar-refractivity contribution in [3.8, 4) is 11.6 Å². The van der Waals surface area contributed by atoms with Crippen LogP contribution in [-0.4, -0.2) is 31.0 Å². The van der Waals surface area contributed by atoms with E-state index in [1.54, 1.807) is 29.5 Å². The number of aromatic nitrogens is 1. The molecule has 0 radical (unpaired) electrons. The van der Waals surface area contributed by atoms with Crippen molar-refractivity contribution >= 4 is 28.6 Å². The van der Waals surface area contributed by atoms with Crippen LogP contribution in [0, 0.1) is 3.57 Å². The maximum Gasteiger partial charge on any atom is 0.573 e. The summed E-state index contributed by atoms with van der Waals surface area (Å²) < 4.78 is 50.3. The number of alkyl halides is 3. The van der Waals surface area contributed by atoms with Crippen LogP contribution in [0.4, 0.5) is 13.2 Å². The summed E-state index contributed by atoms with van der Waals surface area (Å²) in [5, 5.41) is 0. The van der Waals surface area contributed by atoms with E-state index in [4.69, 9.17) is 9.47 Å². The van der Waals surface area contributed by atoms with Crippen LogP contribution in [0.2, 0.25) is 0 Å². The number of hydrogen-bond acceptors (Lipinski definition) is 5. The molecule has 0 aliphatic carbocycles. The Balaban J connectivity index is 3.12. The first kappa shape index (κ1) is 16.8. The zero-order valence-electron chi connectivity index (χ0n) is 10.6. The number of carbonyl (C=O) groups excluding carboxylic acids is 1. The van der Waals surface area contributed by atoms with Crippen molar-refractivity contribution in [1.82, 2.24) is 4.98 Å². The molecule has 5 nitrogen and oxygen atoms in total. The molecule has 0 aromatic carbocycles. The number of nitrogens with zero attached hydrogens (tertiary/aromatic N) is 1. The summed E-state index contributed by atoms with van der Waals surface area (Å²) in [6.45, 7) is 1.80. The molecule has 0 amide bonds. The first-order valence-corrected chi connectivity index (χ1v) is 6.49. The number of pyridine rings is 1. The Labute approximate surface area is 126 Å². The van der Waals surface area contributed by atoms with Gasteiger partial charge in [-0.25, -0.2) is 4.98 Å². The fourth-order valence-electron chi connectivity index (χ4n) is 1.38. The summed E-state index contributed by atoms with van der Waals surface area (Å²) in [4.78, 5) is 15.2. The minimum atomic E-state index is -4.84. The fourth-order valence-corrected chi connectivity index (χ4v) is 2.05. The van der Waals surface area contributed by atoms with Gasteiger partial charge in [-0.2, -0.15) is 0 Å². The predicted octanol–water partition coefficient (Wildman–Crippen LogP) is 2.70. The second kappa shape index (κ2) is 6.95. The van der Waals surface area contributed by atoms with Gasteiger partial charge in [-0.1, -0.05) is 0 Å². The highest BCUT2D eigenvalue weighted by atomic mass is 127. The van der Waals surface area contributed by atoms with Crippen LogP contribution in [0.15, 0.2) is 6.20 Å². The van der Waals surface area contributed by atoms with E-state index in [2.05, 4.69) is 9.72 Å². The minimum absolute atomic E-state index is 0.0528. The molecule has 20 heavy (non-hydrogen) atoms. The molecule has 0 aliphatic heterocycles. The molecule has 0 aliphatic rings. The van der Waals surface area contributed by atoms with Gasteiger partial charge >= 0.3 is 12.3 Å². The van der Waals surface area contributed by atoms with Crippen LogP contribution in [0.25, 0.3) is 0 Å². The number of hydrogen-bond donors (Lipinski definition) is 0. The molecule has 0 saturated heterocycles. The molecule has 0 spiro atoms. The molecular formula is C11H11F3INO4. The van der Waals surface area contributed by atoms with Crippen LogP contribution in [0.5, 0.6) is 11.6 Å². The SMILES string of the molecule is CCOC(=O)Cc1c(OC)ncc(OC(F)(F)F)c1I. The molecule has 0 N–H and O–H groups in total. The summed E-state index contributed by atoms with van der Waals surface area (Å²) in [6, 6.07) is 0. The highest BCUT2D eigenvalue weighted by Gasteiger charge is 2.33. The van der Waals surface area contributed by atoms with Crippen LogP contribution >= 0.6 is 22.6 Å². The number of halogens is 4. The predicted molar refractivity (Wildman–Crippen MR) is 70.5 cm³/mol. The summed E-state index contributed by atoms with van der Waals surface area (Å²) in [7, 11) is 1.30. The van der Waals surface area contributed by atoms with Gasteiger partial charge in [0.2, 0.25) is 5.88 Å². The van der Waals surface area contributed by atoms with E-state index in [1.165, 1.54) is 7.11 Å². The maximum absolute atomic E-state index is 12.2. The molecule has 0 bridgehead atoms. The standard InChI is InChI=1S/C11H11F3INO4/c1-3-19-8(17)4-6-9(15)7(20-11(12,13)14)5-16-10(6)18-2/h5H,3-4H2,1-2H3. The highest BCUT2D eigenvalue weighted by Crippen LogP contribution is 2.33. The first-order valence-electron chi connectivity index (χ1n) is 5.41. The Bertz CT molecular complexity index is 493. The van der Waals surface area contributed by atoms with Crippen molar-refractivity contribution in [3.63, 3.8) is 0 Å². The second-order valence-electron chi connectivity index (χ2n) is 3.45. The fraction of sp³-hybridized carbons (Fsp3) is 0.455. The van der Waals surface area contributed by atoms with E-state index in [-0.39, 0.29) is 28.0 Å². The van der Waals surface area contributed by atoms with Crippen molar-refractivity contribution < 1.29 is 32.2 Å². The van der Waals surface area contributed by atoms with Gasteiger partial charge in [-0.15, -0.1) is 13.2 Å². The van der Waals surface area contributed by atoms with E-state index < -0.39 is 18.1 Å². The van der Waals surface area contributed by atoms with Crippen molar-refractivity contribution in [2.45, 2.75) is 19.7 Å². The Morgan fingerprint density at radius 1 is 1.45 bits per heavy atom. The molecule has 9 heteroatoms. The van der Waals surface area contributed by atoms with E-state index in [9.17, 15) is 18.0 Å². The average Bonchev–Trinajstić information content (AvgIpc) is 2.33. The van der Waals surface area contributed by atoms with Crippen molar-refractivity contribution in [2.24, 2.45) is 0 Å². The first-order chi connectivity index (χ1) is 9.28. The molecule has 0 saturated carbocycles. The maximum atomic E-state index is 12.2. The van der Waals surface area contributed by atoms with Gasteiger partial charge in [-0.3, -0.25) is 4.79 Å². The zero-order chi connectivity index (χ0) is 15.3. The quantitative estimate of drug-likeness (QED) is 0.557. The lowest BCUT2D eigenvalue weighted by Crippen LogP contribution is -2.19. The number of methoxy groups -OCH3 is 1. The topological polar surface area (TPSA) is 57.7 Å². The van der Waals surface area contributed by atoms with Gasteiger partial charge < -0.3 is 14.2 Å². The Hall–Kier alpha value is -1.26. The molecule has 1 rings (SSSR count). The molecule has 0 atom stereocenters. The smallest absolute Gasteiger partial charge is 0.481 e. The lowest BCUT2D eigenvalue weighted by atomic mass is 10.2.